The molecule has 0 heterocycles. The zero-order valence-electron chi connectivity index (χ0n) is 18.4. The van der Waals surface area contributed by atoms with E-state index in [1.54, 1.807) is 0 Å². The first-order valence-corrected chi connectivity index (χ1v) is 10.1. The molecule has 0 bridgehead atoms. The molecule has 0 aliphatic heterocycles. The molecule has 0 unspecified atom stereocenters. The molecule has 0 atom stereocenters. The van der Waals surface area contributed by atoms with Crippen molar-refractivity contribution >= 4 is 0 Å². The molecule has 158 valence electrons. The SMILES string of the molecule is C=C.C=CCN(CC=C)C1C(N(CC=C)CC=C)C1N(CC=C)CC=C.CC. The highest BCUT2D eigenvalue weighted by atomic mass is 15.4. The molecule has 3 nitrogen and oxygen atoms in total. The predicted octanol–water partition coefficient (Wildman–Crippen LogP) is 4.96. The van der Waals surface area contributed by atoms with Gasteiger partial charge in [0.15, 0.2) is 0 Å². The second-order valence-electron chi connectivity index (χ2n) is 6.07. The van der Waals surface area contributed by atoms with Crippen LogP contribution in [-0.2, 0) is 0 Å². The summed E-state index contributed by atoms with van der Waals surface area (Å²) in [4.78, 5) is 7.31. The lowest BCUT2D eigenvalue weighted by Crippen LogP contribution is -2.35. The first kappa shape index (κ1) is 28.3. The van der Waals surface area contributed by atoms with Gasteiger partial charge in [-0.15, -0.1) is 52.6 Å². The molecule has 0 amide bonds. The first-order chi connectivity index (χ1) is 13.7. The van der Waals surface area contributed by atoms with Crippen molar-refractivity contribution in [2.75, 3.05) is 39.3 Å². The maximum atomic E-state index is 3.91. The zero-order valence-corrected chi connectivity index (χ0v) is 18.4. The highest BCUT2D eigenvalue weighted by Crippen LogP contribution is 2.38. The summed E-state index contributed by atoms with van der Waals surface area (Å²) in [7, 11) is 0. The maximum absolute atomic E-state index is 3.91. The van der Waals surface area contributed by atoms with Crippen molar-refractivity contribution in [1.82, 2.24) is 14.7 Å². The number of hydrogen-bond acceptors (Lipinski definition) is 3. The number of nitrogens with zero attached hydrogens (tertiary/aromatic N) is 3. The molecule has 0 radical (unpaired) electrons. The summed E-state index contributed by atoms with van der Waals surface area (Å²) in [6.45, 7) is 38.6. The van der Waals surface area contributed by atoms with Gasteiger partial charge in [-0.2, -0.15) is 0 Å². The highest BCUT2D eigenvalue weighted by molar-refractivity contribution is 5.20. The second kappa shape index (κ2) is 18.4. The lowest BCUT2D eigenvalue weighted by Gasteiger charge is -2.23. The number of rotatable bonds is 15. The quantitative estimate of drug-likeness (QED) is 0.369. The van der Waals surface area contributed by atoms with E-state index < -0.39 is 0 Å². The largest absolute Gasteiger partial charge is 0.290 e. The number of hydrogen-bond donors (Lipinski definition) is 0. The van der Waals surface area contributed by atoms with Crippen LogP contribution < -0.4 is 0 Å². The Hall–Kier alpha value is -1.94. The van der Waals surface area contributed by atoms with Crippen molar-refractivity contribution in [3.63, 3.8) is 0 Å². The first-order valence-electron chi connectivity index (χ1n) is 10.1. The molecule has 0 saturated heterocycles. The summed E-state index contributed by atoms with van der Waals surface area (Å²) in [5.74, 6) is 0. The third-order valence-electron chi connectivity index (χ3n) is 4.36. The van der Waals surface area contributed by atoms with E-state index in [-0.39, 0.29) is 0 Å². The average Bonchev–Trinajstić information content (AvgIpc) is 3.46. The van der Waals surface area contributed by atoms with Gasteiger partial charge in [-0.3, -0.25) is 14.7 Å². The van der Waals surface area contributed by atoms with Crippen LogP contribution in [0.15, 0.2) is 89.1 Å². The Bertz CT molecular complexity index is 366. The van der Waals surface area contributed by atoms with Crippen LogP contribution >= 0.6 is 0 Å². The van der Waals surface area contributed by atoms with E-state index in [1.165, 1.54) is 0 Å². The van der Waals surface area contributed by atoms with E-state index in [9.17, 15) is 0 Å². The van der Waals surface area contributed by atoms with Crippen LogP contribution in [0.4, 0.5) is 0 Å². The summed E-state index contributed by atoms with van der Waals surface area (Å²) in [5, 5.41) is 0. The molecule has 0 spiro atoms. The van der Waals surface area contributed by atoms with Gasteiger partial charge in [0, 0.05) is 57.4 Å². The molecule has 1 saturated carbocycles. The molecule has 0 aromatic carbocycles. The fourth-order valence-corrected chi connectivity index (χ4v) is 3.51. The van der Waals surface area contributed by atoms with E-state index in [1.807, 2.05) is 50.3 Å². The van der Waals surface area contributed by atoms with Crippen LogP contribution in [0.3, 0.4) is 0 Å². The van der Waals surface area contributed by atoms with Crippen LogP contribution in [0.25, 0.3) is 0 Å². The Labute approximate surface area is 175 Å². The van der Waals surface area contributed by atoms with E-state index >= 15 is 0 Å². The van der Waals surface area contributed by atoms with Crippen molar-refractivity contribution in [2.45, 2.75) is 32.0 Å². The van der Waals surface area contributed by atoms with E-state index in [0.717, 1.165) is 39.3 Å². The van der Waals surface area contributed by atoms with Crippen LogP contribution in [-0.4, -0.2) is 72.1 Å². The molecule has 1 rings (SSSR count). The molecule has 1 aliphatic rings. The second-order valence-corrected chi connectivity index (χ2v) is 6.07. The Balaban J connectivity index is 0. The van der Waals surface area contributed by atoms with Crippen LogP contribution in [0, 0.1) is 0 Å². The maximum Gasteiger partial charge on any atom is 0.0445 e. The molecule has 0 aromatic rings. The molecular formula is C25H43N3. The van der Waals surface area contributed by atoms with Crippen molar-refractivity contribution in [3.8, 4) is 0 Å². The Morgan fingerprint density at radius 3 is 0.714 bits per heavy atom. The fraction of sp³-hybridized carbons (Fsp3) is 0.440. The van der Waals surface area contributed by atoms with E-state index in [4.69, 9.17) is 0 Å². The van der Waals surface area contributed by atoms with Crippen LogP contribution in [0.5, 0.6) is 0 Å². The zero-order chi connectivity index (χ0) is 21.9. The Morgan fingerprint density at radius 1 is 0.464 bits per heavy atom. The lowest BCUT2D eigenvalue weighted by atomic mass is 10.3. The lowest BCUT2D eigenvalue weighted by molar-refractivity contribution is 0.249. The normalized spacial score (nSPS) is 19.5. The van der Waals surface area contributed by atoms with Gasteiger partial charge in [0.2, 0.25) is 0 Å². The summed E-state index contributed by atoms with van der Waals surface area (Å²) < 4.78 is 0. The molecule has 28 heavy (non-hydrogen) atoms. The van der Waals surface area contributed by atoms with E-state index in [2.05, 4.69) is 67.3 Å². The minimum absolute atomic E-state index is 0.431. The van der Waals surface area contributed by atoms with Crippen LogP contribution in [0.1, 0.15) is 13.8 Å². The van der Waals surface area contributed by atoms with Gasteiger partial charge >= 0.3 is 0 Å². The molecule has 0 N–H and O–H groups in total. The Morgan fingerprint density at radius 2 is 0.607 bits per heavy atom. The summed E-state index contributed by atoms with van der Waals surface area (Å²) >= 11 is 0. The molecule has 3 heteroatoms. The van der Waals surface area contributed by atoms with Crippen molar-refractivity contribution in [3.05, 3.63) is 89.1 Å². The van der Waals surface area contributed by atoms with Crippen molar-refractivity contribution in [2.24, 2.45) is 0 Å². The molecular weight excluding hydrogens is 342 g/mol. The highest BCUT2D eigenvalue weighted by Gasteiger charge is 2.57. The van der Waals surface area contributed by atoms with Gasteiger partial charge in [0.25, 0.3) is 0 Å². The molecule has 1 fully saturated rings. The average molecular weight is 386 g/mol. The van der Waals surface area contributed by atoms with E-state index in [0.29, 0.717) is 18.1 Å². The summed E-state index contributed by atoms with van der Waals surface area (Å²) in [5.41, 5.74) is 0. The predicted molar refractivity (Wildman–Crippen MR) is 130 cm³/mol. The van der Waals surface area contributed by atoms with Gasteiger partial charge in [-0.05, 0) is 0 Å². The topological polar surface area (TPSA) is 9.72 Å². The minimum atomic E-state index is 0.431. The van der Waals surface area contributed by atoms with Gasteiger partial charge in [0.05, 0.1) is 0 Å². The third-order valence-corrected chi connectivity index (χ3v) is 4.36. The smallest absolute Gasteiger partial charge is 0.0445 e. The monoisotopic (exact) mass is 385 g/mol. The Kier molecular flexibility index (Phi) is 18.6. The summed E-state index contributed by atoms with van der Waals surface area (Å²) in [6.07, 6.45) is 11.8. The summed E-state index contributed by atoms with van der Waals surface area (Å²) in [6, 6.07) is 1.29. The van der Waals surface area contributed by atoms with Crippen LogP contribution in [0.2, 0.25) is 0 Å². The standard InChI is InChI=1S/C21H33N3.C2H6.C2H4/c1-7-13-22(14-8-2)19-20(23(15-9-3)16-10-4)21(19)24(17-11-5)18-12-6;2*1-2/h7-12,19-21H,1-6,13-18H2;1-2H3;1-2H2. The van der Waals surface area contributed by atoms with Crippen molar-refractivity contribution < 1.29 is 0 Å². The van der Waals surface area contributed by atoms with Gasteiger partial charge in [-0.1, -0.05) is 50.3 Å². The van der Waals surface area contributed by atoms with Gasteiger partial charge in [0.1, 0.15) is 0 Å². The van der Waals surface area contributed by atoms with Gasteiger partial charge < -0.3 is 0 Å². The third kappa shape index (κ3) is 8.83. The fourth-order valence-electron chi connectivity index (χ4n) is 3.51. The minimum Gasteiger partial charge on any atom is -0.290 e. The molecule has 1 aliphatic carbocycles. The van der Waals surface area contributed by atoms with Gasteiger partial charge in [-0.25, -0.2) is 0 Å². The molecule has 0 aromatic heterocycles. The van der Waals surface area contributed by atoms with Crippen molar-refractivity contribution in [1.29, 1.82) is 0 Å².